The molecule has 0 radical (unpaired) electrons. The highest BCUT2D eigenvalue weighted by Gasteiger charge is 2.42. The van der Waals surface area contributed by atoms with Crippen molar-refractivity contribution in [2.45, 2.75) is 64.1 Å². The van der Waals surface area contributed by atoms with Crippen LogP contribution in [0.2, 0.25) is 0 Å². The van der Waals surface area contributed by atoms with Crippen LogP contribution in [-0.2, 0) is 11.3 Å². The second-order valence-corrected chi connectivity index (χ2v) is 7.42. The number of imidazole rings is 1. The van der Waals surface area contributed by atoms with Gasteiger partial charge in [0.15, 0.2) is 0 Å². The topological polar surface area (TPSA) is 38.1 Å². The number of carbonyl (C=O) groups is 1. The van der Waals surface area contributed by atoms with Gasteiger partial charge in [-0.1, -0.05) is 6.42 Å². The molecule has 0 aliphatic heterocycles. The van der Waals surface area contributed by atoms with Crippen LogP contribution < -0.4 is 0 Å². The molecular weight excluding hydrogens is 300 g/mol. The van der Waals surface area contributed by atoms with Crippen molar-refractivity contribution in [1.29, 1.82) is 0 Å². The third-order valence-electron chi connectivity index (χ3n) is 5.90. The van der Waals surface area contributed by atoms with Crippen molar-refractivity contribution in [3.05, 3.63) is 18.2 Å². The van der Waals surface area contributed by atoms with Crippen LogP contribution in [0.1, 0.15) is 57.3 Å². The minimum absolute atomic E-state index is 0.133. The van der Waals surface area contributed by atoms with Crippen molar-refractivity contribution < 1.29 is 13.6 Å². The minimum atomic E-state index is -2.60. The molecule has 3 saturated carbocycles. The van der Waals surface area contributed by atoms with Gasteiger partial charge in [0, 0.05) is 24.9 Å². The number of nitrogens with zero attached hydrogens (tertiary/aromatic N) is 3. The summed E-state index contributed by atoms with van der Waals surface area (Å²) in [6.07, 6.45) is 10.3. The molecule has 1 heterocycles. The summed E-state index contributed by atoms with van der Waals surface area (Å²) in [5.41, 5.74) is 0. The minimum Gasteiger partial charge on any atom is -0.332 e. The Bertz CT molecular complexity index is 584. The SMILES string of the molecule is O=C(C[C@@H]1C[C@H]2CC[C@H]1C2)N(Cc1nccn1C(F)F)C1CC1. The smallest absolute Gasteiger partial charge is 0.319 e. The zero-order valence-electron chi connectivity index (χ0n) is 13.2. The summed E-state index contributed by atoms with van der Waals surface area (Å²) >= 11 is 0. The van der Waals surface area contributed by atoms with Gasteiger partial charge in [0.1, 0.15) is 5.82 Å². The molecule has 0 aromatic carbocycles. The number of carbonyl (C=O) groups excluding carboxylic acids is 1. The van der Waals surface area contributed by atoms with E-state index in [2.05, 4.69) is 4.98 Å². The first-order valence-corrected chi connectivity index (χ1v) is 8.71. The molecule has 23 heavy (non-hydrogen) atoms. The van der Waals surface area contributed by atoms with Crippen molar-refractivity contribution in [2.24, 2.45) is 17.8 Å². The van der Waals surface area contributed by atoms with Crippen LogP contribution in [-0.4, -0.2) is 26.4 Å². The van der Waals surface area contributed by atoms with E-state index in [-0.39, 0.29) is 24.3 Å². The van der Waals surface area contributed by atoms with E-state index in [9.17, 15) is 13.6 Å². The fraction of sp³-hybridized carbons (Fsp3) is 0.765. The molecule has 0 unspecified atom stereocenters. The van der Waals surface area contributed by atoms with Gasteiger partial charge < -0.3 is 4.90 Å². The monoisotopic (exact) mass is 323 g/mol. The number of aromatic nitrogens is 2. The quantitative estimate of drug-likeness (QED) is 0.802. The first-order chi connectivity index (χ1) is 11.1. The normalized spacial score (nSPS) is 29.4. The molecule has 3 atom stereocenters. The lowest BCUT2D eigenvalue weighted by molar-refractivity contribution is -0.134. The van der Waals surface area contributed by atoms with Crippen molar-refractivity contribution >= 4 is 5.91 Å². The van der Waals surface area contributed by atoms with Gasteiger partial charge in [-0.05, 0) is 49.9 Å². The third kappa shape index (κ3) is 3.00. The van der Waals surface area contributed by atoms with Crippen LogP contribution in [0.4, 0.5) is 8.78 Å². The number of fused-ring (bicyclic) bond motifs is 2. The zero-order chi connectivity index (χ0) is 16.0. The lowest BCUT2D eigenvalue weighted by Crippen LogP contribution is -2.35. The molecular formula is C17H23F2N3O. The molecule has 0 spiro atoms. The first-order valence-electron chi connectivity index (χ1n) is 8.71. The van der Waals surface area contributed by atoms with E-state index in [0.29, 0.717) is 18.3 Å². The Morgan fingerprint density at radius 3 is 2.74 bits per heavy atom. The molecule has 2 bridgehead atoms. The summed E-state index contributed by atoms with van der Waals surface area (Å²) in [6, 6.07) is 0.226. The fourth-order valence-corrected chi connectivity index (χ4v) is 4.57. The predicted molar refractivity (Wildman–Crippen MR) is 80.6 cm³/mol. The first kappa shape index (κ1) is 15.1. The van der Waals surface area contributed by atoms with E-state index in [1.54, 1.807) is 4.90 Å². The van der Waals surface area contributed by atoms with E-state index in [4.69, 9.17) is 0 Å². The average Bonchev–Trinajstić information content (AvgIpc) is 2.95. The molecule has 1 aromatic heterocycles. The Hall–Kier alpha value is -1.46. The number of alkyl halides is 2. The van der Waals surface area contributed by atoms with E-state index >= 15 is 0 Å². The number of amides is 1. The van der Waals surface area contributed by atoms with E-state index in [0.717, 1.165) is 23.3 Å². The Kier molecular flexibility index (Phi) is 3.85. The molecule has 0 saturated heterocycles. The van der Waals surface area contributed by atoms with Crippen molar-refractivity contribution in [3.63, 3.8) is 0 Å². The fourth-order valence-electron chi connectivity index (χ4n) is 4.57. The summed E-state index contributed by atoms with van der Waals surface area (Å²) in [5, 5.41) is 0. The maximum atomic E-state index is 13.0. The summed E-state index contributed by atoms with van der Waals surface area (Å²) in [5.74, 6) is 2.47. The molecule has 6 heteroatoms. The largest absolute Gasteiger partial charge is 0.332 e. The van der Waals surface area contributed by atoms with Gasteiger partial charge in [0.05, 0.1) is 6.54 Å². The second-order valence-electron chi connectivity index (χ2n) is 7.42. The summed E-state index contributed by atoms with van der Waals surface area (Å²) in [6.45, 7) is -2.39. The van der Waals surface area contributed by atoms with Crippen LogP contribution in [0.5, 0.6) is 0 Å². The Labute approximate surface area is 134 Å². The maximum absolute atomic E-state index is 13.0. The molecule has 126 valence electrons. The third-order valence-corrected chi connectivity index (χ3v) is 5.90. The molecule has 1 aromatic rings. The molecule has 3 aliphatic rings. The van der Waals surface area contributed by atoms with Crippen LogP contribution >= 0.6 is 0 Å². The van der Waals surface area contributed by atoms with Crippen molar-refractivity contribution in [2.75, 3.05) is 0 Å². The van der Waals surface area contributed by atoms with Crippen LogP contribution in [0.15, 0.2) is 12.4 Å². The average molecular weight is 323 g/mol. The summed E-state index contributed by atoms with van der Waals surface area (Å²) < 4.78 is 26.8. The number of hydrogen-bond acceptors (Lipinski definition) is 2. The van der Waals surface area contributed by atoms with Gasteiger partial charge in [0.2, 0.25) is 5.91 Å². The van der Waals surface area contributed by atoms with Gasteiger partial charge >= 0.3 is 6.55 Å². The summed E-state index contributed by atoms with van der Waals surface area (Å²) in [7, 11) is 0. The van der Waals surface area contributed by atoms with Gasteiger partial charge in [-0.3, -0.25) is 9.36 Å². The zero-order valence-corrected chi connectivity index (χ0v) is 13.2. The Morgan fingerprint density at radius 1 is 1.30 bits per heavy atom. The molecule has 4 rings (SSSR count). The van der Waals surface area contributed by atoms with Crippen molar-refractivity contribution in [3.8, 4) is 0 Å². The highest BCUT2D eigenvalue weighted by molar-refractivity contribution is 5.77. The van der Waals surface area contributed by atoms with E-state index in [1.807, 2.05) is 0 Å². The highest BCUT2D eigenvalue weighted by Crippen LogP contribution is 2.49. The van der Waals surface area contributed by atoms with Crippen LogP contribution in [0.3, 0.4) is 0 Å². The molecule has 4 nitrogen and oxygen atoms in total. The molecule has 1 amide bonds. The maximum Gasteiger partial charge on any atom is 0.319 e. The lowest BCUT2D eigenvalue weighted by atomic mass is 9.86. The number of halogens is 2. The number of rotatable bonds is 6. The molecule has 3 aliphatic carbocycles. The van der Waals surface area contributed by atoms with Crippen LogP contribution in [0.25, 0.3) is 0 Å². The molecule has 3 fully saturated rings. The van der Waals surface area contributed by atoms with Crippen LogP contribution in [0, 0.1) is 17.8 Å². The number of hydrogen-bond donors (Lipinski definition) is 0. The Balaban J connectivity index is 1.43. The summed E-state index contributed by atoms with van der Waals surface area (Å²) in [4.78, 5) is 18.6. The van der Waals surface area contributed by atoms with Gasteiger partial charge in [-0.25, -0.2) is 4.98 Å². The Morgan fingerprint density at radius 2 is 2.13 bits per heavy atom. The second kappa shape index (κ2) is 5.87. The lowest BCUT2D eigenvalue weighted by Gasteiger charge is -2.27. The van der Waals surface area contributed by atoms with E-state index < -0.39 is 6.55 Å². The van der Waals surface area contributed by atoms with E-state index in [1.165, 1.54) is 38.1 Å². The standard InChI is InChI=1S/C17H23F2N3O/c18-17(19)21-6-5-20-15(21)10-22(14-3-4-14)16(23)9-13-8-11-1-2-12(13)7-11/h5-6,11-14,17H,1-4,7-10H2/t11-,12-,13-/m0/s1. The van der Waals surface area contributed by atoms with Gasteiger partial charge in [-0.2, -0.15) is 8.78 Å². The van der Waals surface area contributed by atoms with Gasteiger partial charge in [-0.15, -0.1) is 0 Å². The predicted octanol–water partition coefficient (Wildman–Crippen LogP) is 3.60. The molecule has 0 N–H and O–H groups in total. The van der Waals surface area contributed by atoms with Crippen molar-refractivity contribution in [1.82, 2.24) is 14.5 Å². The van der Waals surface area contributed by atoms with Gasteiger partial charge in [0.25, 0.3) is 0 Å². The highest BCUT2D eigenvalue weighted by atomic mass is 19.3.